The van der Waals surface area contributed by atoms with Crippen molar-refractivity contribution in [3.8, 4) is 0 Å². The van der Waals surface area contributed by atoms with Gasteiger partial charge in [-0.2, -0.15) is 0 Å². The Hall–Kier alpha value is -0.830. The minimum Gasteiger partial charge on any atom is -0.442 e. The third-order valence-corrected chi connectivity index (χ3v) is 3.02. The van der Waals surface area contributed by atoms with E-state index < -0.39 is 0 Å². The van der Waals surface area contributed by atoms with Crippen molar-refractivity contribution in [2.75, 3.05) is 0 Å². The van der Waals surface area contributed by atoms with Crippen LogP contribution in [0.4, 0.5) is 0 Å². The van der Waals surface area contributed by atoms with Crippen LogP contribution in [0.25, 0.3) is 0 Å². The molecular weight excluding hydrogens is 232 g/mol. The highest BCUT2D eigenvalue weighted by atomic mass is 79.9. The van der Waals surface area contributed by atoms with Gasteiger partial charge in [0.2, 0.25) is 0 Å². The zero-order valence-electron chi connectivity index (χ0n) is 7.43. The topological polar surface area (TPSA) is 26.3 Å². The summed E-state index contributed by atoms with van der Waals surface area (Å²) in [7, 11) is 0. The van der Waals surface area contributed by atoms with Crippen molar-refractivity contribution in [3.63, 3.8) is 0 Å². The van der Waals surface area contributed by atoms with Crippen LogP contribution in [0.15, 0.2) is 12.1 Å². The predicted molar refractivity (Wildman–Crippen MR) is 53.0 cm³/mol. The molecule has 13 heavy (non-hydrogen) atoms. The maximum Gasteiger partial charge on any atom is 0.340 e. The highest BCUT2D eigenvalue weighted by Crippen LogP contribution is 2.36. The molecule has 2 nitrogen and oxygen atoms in total. The van der Waals surface area contributed by atoms with E-state index in [4.69, 9.17) is 4.74 Å². The molecule has 0 radical (unpaired) electrons. The standard InChI is InChI=1S/C10H9BrO2/c1-5-3-7-8(4-6(5)2)10(12)13-9(7)11/h3-4,9H,1-2H3. The number of carbonyl (C=O) groups is 1. The molecular formula is C10H9BrO2. The SMILES string of the molecule is Cc1cc2c(cc1C)C(Br)OC2=O. The number of halogens is 1. The summed E-state index contributed by atoms with van der Waals surface area (Å²) in [5.74, 6) is -0.236. The van der Waals surface area contributed by atoms with Crippen molar-refractivity contribution in [3.05, 3.63) is 34.4 Å². The Balaban J connectivity index is 2.65. The molecule has 0 spiro atoms. The van der Waals surface area contributed by atoms with E-state index in [-0.39, 0.29) is 11.0 Å². The number of hydrogen-bond donors (Lipinski definition) is 0. The first kappa shape index (κ1) is 8.75. The van der Waals surface area contributed by atoms with Crippen LogP contribution in [-0.4, -0.2) is 5.97 Å². The van der Waals surface area contributed by atoms with Crippen molar-refractivity contribution < 1.29 is 9.53 Å². The third-order valence-electron chi connectivity index (χ3n) is 2.34. The van der Waals surface area contributed by atoms with Gasteiger partial charge in [0.25, 0.3) is 0 Å². The van der Waals surface area contributed by atoms with Crippen molar-refractivity contribution in [1.82, 2.24) is 0 Å². The second-order valence-electron chi connectivity index (χ2n) is 3.25. The average Bonchev–Trinajstić information content (AvgIpc) is 2.31. The van der Waals surface area contributed by atoms with Gasteiger partial charge in [-0.25, -0.2) is 4.79 Å². The number of esters is 1. The van der Waals surface area contributed by atoms with Crippen LogP contribution in [0, 0.1) is 13.8 Å². The molecule has 1 aliphatic rings. The first-order valence-electron chi connectivity index (χ1n) is 4.06. The summed E-state index contributed by atoms with van der Waals surface area (Å²) in [6, 6.07) is 3.88. The molecule has 1 heterocycles. The third kappa shape index (κ3) is 1.27. The van der Waals surface area contributed by atoms with E-state index >= 15 is 0 Å². The van der Waals surface area contributed by atoms with Crippen molar-refractivity contribution in [2.24, 2.45) is 0 Å². The molecule has 0 aliphatic carbocycles. The smallest absolute Gasteiger partial charge is 0.340 e. The predicted octanol–water partition coefficient (Wildman–Crippen LogP) is 2.87. The fourth-order valence-electron chi connectivity index (χ4n) is 1.42. The molecule has 0 amide bonds. The van der Waals surface area contributed by atoms with Crippen LogP contribution in [0.2, 0.25) is 0 Å². The molecule has 1 unspecified atom stereocenters. The number of alkyl halides is 1. The van der Waals surface area contributed by atoms with Gasteiger partial charge in [-0.05, 0) is 47.0 Å². The summed E-state index contributed by atoms with van der Waals surface area (Å²) in [5, 5.41) is -0.269. The van der Waals surface area contributed by atoms with Crippen LogP contribution in [-0.2, 0) is 4.74 Å². The largest absolute Gasteiger partial charge is 0.442 e. The molecule has 3 heteroatoms. The quantitative estimate of drug-likeness (QED) is 0.515. The Bertz CT molecular complexity index is 385. The molecule has 0 bridgehead atoms. The van der Waals surface area contributed by atoms with E-state index in [1.165, 1.54) is 5.56 Å². The van der Waals surface area contributed by atoms with Gasteiger partial charge in [0.1, 0.15) is 0 Å². The van der Waals surface area contributed by atoms with E-state index in [2.05, 4.69) is 15.9 Å². The summed E-state index contributed by atoms with van der Waals surface area (Å²) < 4.78 is 5.02. The van der Waals surface area contributed by atoms with Gasteiger partial charge in [-0.15, -0.1) is 0 Å². The minimum absolute atomic E-state index is 0.236. The highest BCUT2D eigenvalue weighted by Gasteiger charge is 2.29. The van der Waals surface area contributed by atoms with Crippen LogP contribution in [0.3, 0.4) is 0 Å². The summed E-state index contributed by atoms with van der Waals surface area (Å²) in [4.78, 5) is 11.3. The number of hydrogen-bond acceptors (Lipinski definition) is 2. The van der Waals surface area contributed by atoms with Gasteiger partial charge in [0.05, 0.1) is 5.56 Å². The lowest BCUT2D eigenvalue weighted by Gasteiger charge is -2.03. The Kier molecular flexibility index (Phi) is 1.91. The second kappa shape index (κ2) is 2.84. The lowest BCUT2D eigenvalue weighted by molar-refractivity contribution is 0.0530. The van der Waals surface area contributed by atoms with Gasteiger partial charge < -0.3 is 4.74 Å². The van der Waals surface area contributed by atoms with Crippen molar-refractivity contribution in [2.45, 2.75) is 18.9 Å². The zero-order chi connectivity index (χ0) is 9.59. The van der Waals surface area contributed by atoms with Gasteiger partial charge >= 0.3 is 5.97 Å². The molecule has 1 aliphatic heterocycles. The fourth-order valence-corrected chi connectivity index (χ4v) is 1.97. The monoisotopic (exact) mass is 240 g/mol. The van der Waals surface area contributed by atoms with E-state index in [0.717, 1.165) is 11.1 Å². The first-order chi connectivity index (χ1) is 6.09. The van der Waals surface area contributed by atoms with E-state index in [1.54, 1.807) is 0 Å². The molecule has 68 valence electrons. The van der Waals surface area contributed by atoms with Crippen molar-refractivity contribution in [1.29, 1.82) is 0 Å². The number of benzene rings is 1. The highest BCUT2D eigenvalue weighted by molar-refractivity contribution is 9.09. The molecule has 2 rings (SSSR count). The number of aryl methyl sites for hydroxylation is 2. The molecule has 1 aromatic carbocycles. The minimum atomic E-state index is -0.269. The summed E-state index contributed by atoms with van der Waals surface area (Å²) in [6.45, 7) is 4.02. The summed E-state index contributed by atoms with van der Waals surface area (Å²) in [6.07, 6.45) is 0. The normalized spacial score (nSPS) is 19.9. The fraction of sp³-hybridized carbons (Fsp3) is 0.300. The summed E-state index contributed by atoms with van der Waals surface area (Å²) in [5.41, 5.74) is 3.93. The van der Waals surface area contributed by atoms with Crippen LogP contribution in [0.1, 0.15) is 32.1 Å². The maximum absolute atomic E-state index is 11.3. The molecule has 1 atom stereocenters. The molecule has 0 aromatic heterocycles. The van der Waals surface area contributed by atoms with E-state index in [0.29, 0.717) is 5.56 Å². The lowest BCUT2D eigenvalue weighted by Crippen LogP contribution is -1.94. The van der Waals surface area contributed by atoms with Gasteiger partial charge in [-0.1, -0.05) is 6.07 Å². The second-order valence-corrected chi connectivity index (χ2v) is 4.08. The van der Waals surface area contributed by atoms with E-state index in [9.17, 15) is 4.79 Å². The number of fused-ring (bicyclic) bond motifs is 1. The van der Waals surface area contributed by atoms with Crippen LogP contribution in [0.5, 0.6) is 0 Å². The molecule has 1 aromatic rings. The lowest BCUT2D eigenvalue weighted by atomic mass is 10.0. The molecule has 0 saturated heterocycles. The Morgan fingerprint density at radius 3 is 2.62 bits per heavy atom. The van der Waals surface area contributed by atoms with Gasteiger partial charge in [-0.3, -0.25) is 0 Å². The Morgan fingerprint density at radius 2 is 1.92 bits per heavy atom. The van der Waals surface area contributed by atoms with Gasteiger partial charge in [0.15, 0.2) is 5.01 Å². The number of rotatable bonds is 0. The molecule has 0 saturated carbocycles. The number of carbonyl (C=O) groups excluding carboxylic acids is 1. The summed E-state index contributed by atoms with van der Waals surface area (Å²) >= 11 is 3.29. The average molecular weight is 241 g/mol. The molecule has 0 fully saturated rings. The van der Waals surface area contributed by atoms with Crippen molar-refractivity contribution >= 4 is 21.9 Å². The zero-order valence-corrected chi connectivity index (χ0v) is 9.01. The van der Waals surface area contributed by atoms with Gasteiger partial charge in [0, 0.05) is 5.56 Å². The number of ether oxygens (including phenoxy) is 1. The first-order valence-corrected chi connectivity index (χ1v) is 4.97. The van der Waals surface area contributed by atoms with Crippen LogP contribution >= 0.6 is 15.9 Å². The van der Waals surface area contributed by atoms with E-state index in [1.807, 2.05) is 26.0 Å². The molecule has 0 N–H and O–H groups in total. The number of cyclic esters (lactones) is 1. The Morgan fingerprint density at radius 1 is 1.31 bits per heavy atom. The van der Waals surface area contributed by atoms with Crippen LogP contribution < -0.4 is 0 Å². The maximum atomic E-state index is 11.3. The Labute approximate surface area is 85.0 Å².